The predicted octanol–water partition coefficient (Wildman–Crippen LogP) is 1.98. The van der Waals surface area contributed by atoms with Crippen molar-refractivity contribution in [3.63, 3.8) is 0 Å². The highest BCUT2D eigenvalue weighted by Gasteiger charge is 2.37. The molecule has 2 aliphatic carbocycles. The van der Waals surface area contributed by atoms with E-state index in [2.05, 4.69) is 40.2 Å². The highest BCUT2D eigenvalue weighted by atomic mass is 16.2. The van der Waals surface area contributed by atoms with Gasteiger partial charge in [-0.25, -0.2) is 4.79 Å². The van der Waals surface area contributed by atoms with Crippen LogP contribution in [0.5, 0.6) is 0 Å². The summed E-state index contributed by atoms with van der Waals surface area (Å²) < 4.78 is 0. The van der Waals surface area contributed by atoms with Crippen molar-refractivity contribution in [3.05, 3.63) is 35.9 Å². The molecule has 5 nitrogen and oxygen atoms in total. The molecule has 0 heterocycles. The molecule has 3 N–H and O–H groups in total. The molecule has 0 spiro atoms. The van der Waals surface area contributed by atoms with Crippen molar-refractivity contribution in [2.75, 3.05) is 13.1 Å². The number of amides is 3. The van der Waals surface area contributed by atoms with Crippen LogP contribution in [0.4, 0.5) is 4.79 Å². The third kappa shape index (κ3) is 4.71. The number of benzene rings is 1. The number of hydrogen-bond donors (Lipinski definition) is 3. The molecular weight excluding hydrogens is 290 g/mol. The van der Waals surface area contributed by atoms with Gasteiger partial charge in [0.05, 0.1) is 6.54 Å². The van der Waals surface area contributed by atoms with E-state index in [0.29, 0.717) is 12.6 Å². The van der Waals surface area contributed by atoms with E-state index in [1.54, 1.807) is 0 Å². The van der Waals surface area contributed by atoms with Crippen LogP contribution in [-0.4, -0.2) is 31.1 Å². The van der Waals surface area contributed by atoms with Crippen molar-refractivity contribution < 1.29 is 9.59 Å². The summed E-state index contributed by atoms with van der Waals surface area (Å²) >= 11 is 0. The molecular formula is C18H25N3O2. The molecule has 1 aromatic carbocycles. The van der Waals surface area contributed by atoms with Crippen LogP contribution in [0.2, 0.25) is 0 Å². The van der Waals surface area contributed by atoms with Crippen LogP contribution in [0.3, 0.4) is 0 Å². The Morgan fingerprint density at radius 2 is 1.83 bits per heavy atom. The average molecular weight is 315 g/mol. The molecule has 0 unspecified atom stereocenters. The minimum atomic E-state index is -0.254. The lowest BCUT2D eigenvalue weighted by Gasteiger charge is -2.42. The molecule has 3 rings (SSSR count). The maximum absolute atomic E-state index is 11.9. The van der Waals surface area contributed by atoms with E-state index in [9.17, 15) is 9.59 Å². The van der Waals surface area contributed by atoms with Crippen LogP contribution in [0, 0.1) is 5.41 Å². The zero-order valence-electron chi connectivity index (χ0n) is 13.4. The summed E-state index contributed by atoms with van der Waals surface area (Å²) in [4.78, 5) is 23.4. The first-order chi connectivity index (χ1) is 11.2. The second-order valence-electron chi connectivity index (χ2n) is 6.89. The van der Waals surface area contributed by atoms with Gasteiger partial charge in [0.15, 0.2) is 0 Å². The Morgan fingerprint density at radius 3 is 2.43 bits per heavy atom. The van der Waals surface area contributed by atoms with Crippen molar-refractivity contribution in [2.45, 2.75) is 44.6 Å². The number of rotatable bonds is 7. The van der Waals surface area contributed by atoms with Gasteiger partial charge in [-0.2, -0.15) is 0 Å². The second kappa shape index (κ2) is 7.02. The Bertz CT molecular complexity index is 551. The summed E-state index contributed by atoms with van der Waals surface area (Å²) in [6, 6.07) is 10.5. The van der Waals surface area contributed by atoms with Crippen molar-refractivity contribution in [1.82, 2.24) is 16.0 Å². The van der Waals surface area contributed by atoms with Gasteiger partial charge in [0.2, 0.25) is 5.91 Å². The first kappa shape index (κ1) is 15.8. The zero-order chi connectivity index (χ0) is 16.1. The minimum absolute atomic E-state index is 0.0496. The van der Waals surface area contributed by atoms with Gasteiger partial charge >= 0.3 is 6.03 Å². The molecule has 2 fully saturated rings. The van der Waals surface area contributed by atoms with Gasteiger partial charge in [-0.3, -0.25) is 4.79 Å². The molecule has 0 radical (unpaired) electrons. The maximum Gasteiger partial charge on any atom is 0.315 e. The molecule has 2 aliphatic rings. The largest absolute Gasteiger partial charge is 0.352 e. The van der Waals surface area contributed by atoms with E-state index in [1.165, 1.54) is 12.0 Å². The standard InChI is InChI=1S/C18H25N3O2/c22-16(21-15-7-8-15)12-19-17(23)20-13-18(9-4-10-18)11-14-5-2-1-3-6-14/h1-3,5-6,15H,4,7-13H2,(H,21,22)(H2,19,20,23). The molecule has 3 amide bonds. The van der Waals surface area contributed by atoms with Gasteiger partial charge in [-0.1, -0.05) is 36.8 Å². The Labute approximate surface area is 137 Å². The van der Waals surface area contributed by atoms with Gasteiger partial charge in [0, 0.05) is 12.6 Å². The number of nitrogens with one attached hydrogen (secondary N) is 3. The Kier molecular flexibility index (Phi) is 4.84. The predicted molar refractivity (Wildman–Crippen MR) is 89.0 cm³/mol. The summed E-state index contributed by atoms with van der Waals surface area (Å²) in [5, 5.41) is 8.43. The Hall–Kier alpha value is -2.04. The highest BCUT2D eigenvalue weighted by molar-refractivity contribution is 5.84. The smallest absolute Gasteiger partial charge is 0.315 e. The number of carbonyl (C=O) groups is 2. The van der Waals surface area contributed by atoms with Gasteiger partial charge in [0.25, 0.3) is 0 Å². The van der Waals surface area contributed by atoms with Gasteiger partial charge in [-0.05, 0) is 43.1 Å². The van der Waals surface area contributed by atoms with Crippen LogP contribution < -0.4 is 16.0 Å². The molecule has 23 heavy (non-hydrogen) atoms. The van der Waals surface area contributed by atoms with Crippen LogP contribution in [0.25, 0.3) is 0 Å². The monoisotopic (exact) mass is 315 g/mol. The van der Waals surface area contributed by atoms with E-state index >= 15 is 0 Å². The van der Waals surface area contributed by atoms with Crippen molar-refractivity contribution in [1.29, 1.82) is 0 Å². The first-order valence-corrected chi connectivity index (χ1v) is 8.50. The van der Waals surface area contributed by atoms with E-state index < -0.39 is 0 Å². The summed E-state index contributed by atoms with van der Waals surface area (Å²) in [5.74, 6) is -0.106. The molecule has 0 atom stereocenters. The van der Waals surface area contributed by atoms with Crippen molar-refractivity contribution in [3.8, 4) is 0 Å². The normalized spacial score (nSPS) is 18.6. The minimum Gasteiger partial charge on any atom is -0.352 e. The maximum atomic E-state index is 11.9. The molecule has 1 aromatic rings. The van der Waals surface area contributed by atoms with E-state index in [0.717, 1.165) is 32.1 Å². The van der Waals surface area contributed by atoms with Crippen molar-refractivity contribution in [2.24, 2.45) is 5.41 Å². The lowest BCUT2D eigenvalue weighted by atomic mass is 9.65. The SMILES string of the molecule is O=C(CNC(=O)NCC1(Cc2ccccc2)CCC1)NC1CC1. The quantitative estimate of drug-likeness (QED) is 0.720. The lowest BCUT2D eigenvalue weighted by molar-refractivity contribution is -0.120. The highest BCUT2D eigenvalue weighted by Crippen LogP contribution is 2.43. The van der Waals surface area contributed by atoms with Crippen LogP contribution in [0.1, 0.15) is 37.7 Å². The summed E-state index contributed by atoms with van der Waals surface area (Å²) in [7, 11) is 0. The molecule has 2 saturated carbocycles. The van der Waals surface area contributed by atoms with E-state index in [4.69, 9.17) is 0 Å². The number of carbonyl (C=O) groups excluding carboxylic acids is 2. The van der Waals surface area contributed by atoms with Gasteiger partial charge < -0.3 is 16.0 Å². The van der Waals surface area contributed by atoms with Crippen LogP contribution >= 0.6 is 0 Å². The lowest BCUT2D eigenvalue weighted by Crippen LogP contribution is -2.48. The topological polar surface area (TPSA) is 70.2 Å². The molecule has 0 aromatic heterocycles. The number of urea groups is 1. The Balaban J connectivity index is 1.40. The average Bonchev–Trinajstić information content (AvgIpc) is 3.32. The van der Waals surface area contributed by atoms with E-state index in [1.807, 2.05) is 6.07 Å². The molecule has 124 valence electrons. The van der Waals surface area contributed by atoms with Gasteiger partial charge in [0.1, 0.15) is 0 Å². The molecule has 0 aliphatic heterocycles. The Morgan fingerprint density at radius 1 is 1.09 bits per heavy atom. The van der Waals surface area contributed by atoms with Crippen LogP contribution in [0.15, 0.2) is 30.3 Å². The fraction of sp³-hybridized carbons (Fsp3) is 0.556. The summed E-state index contributed by atoms with van der Waals surface area (Å²) in [5.41, 5.74) is 1.49. The van der Waals surface area contributed by atoms with Gasteiger partial charge in [-0.15, -0.1) is 0 Å². The second-order valence-corrected chi connectivity index (χ2v) is 6.89. The van der Waals surface area contributed by atoms with E-state index in [-0.39, 0.29) is 23.9 Å². The number of hydrogen-bond acceptors (Lipinski definition) is 2. The fourth-order valence-corrected chi connectivity index (χ4v) is 3.12. The fourth-order valence-electron chi connectivity index (χ4n) is 3.12. The zero-order valence-corrected chi connectivity index (χ0v) is 13.4. The van der Waals surface area contributed by atoms with Crippen molar-refractivity contribution >= 4 is 11.9 Å². The summed E-state index contributed by atoms with van der Waals surface area (Å²) in [6.45, 7) is 0.714. The first-order valence-electron chi connectivity index (χ1n) is 8.50. The third-order valence-electron chi connectivity index (χ3n) is 4.81. The molecule has 5 heteroatoms. The molecule has 0 saturated heterocycles. The summed E-state index contributed by atoms with van der Waals surface area (Å²) in [6.07, 6.45) is 6.62. The molecule has 0 bridgehead atoms. The third-order valence-corrected chi connectivity index (χ3v) is 4.81. The van der Waals surface area contributed by atoms with Crippen LogP contribution in [-0.2, 0) is 11.2 Å².